The van der Waals surface area contributed by atoms with E-state index in [1.165, 1.54) is 34.5 Å². The third-order valence-electron chi connectivity index (χ3n) is 5.38. The highest BCUT2D eigenvalue weighted by Crippen LogP contribution is 2.33. The van der Waals surface area contributed by atoms with Crippen molar-refractivity contribution in [3.8, 4) is 5.75 Å². The first-order valence-electron chi connectivity index (χ1n) is 9.44. The molecule has 1 amide bonds. The molecule has 2 aliphatic heterocycles. The van der Waals surface area contributed by atoms with Gasteiger partial charge in [0.1, 0.15) is 5.75 Å². The minimum Gasteiger partial charge on any atom is -0.497 e. The molecule has 0 N–H and O–H groups in total. The quantitative estimate of drug-likeness (QED) is 0.607. The van der Waals surface area contributed by atoms with Gasteiger partial charge >= 0.3 is 5.91 Å². The summed E-state index contributed by atoms with van der Waals surface area (Å²) in [5.74, 6) is -0.614. The average Bonchev–Trinajstić information content (AvgIpc) is 3.00. The van der Waals surface area contributed by atoms with Gasteiger partial charge in [0.25, 0.3) is 5.78 Å². The van der Waals surface area contributed by atoms with Crippen molar-refractivity contribution in [1.29, 1.82) is 0 Å². The zero-order valence-electron chi connectivity index (χ0n) is 16.5. The molecule has 0 saturated carbocycles. The number of carbonyl (C=O) groups is 2. The molecule has 11 heteroatoms. The van der Waals surface area contributed by atoms with Crippen LogP contribution in [-0.4, -0.2) is 69.3 Å². The van der Waals surface area contributed by atoms with Crippen molar-refractivity contribution < 1.29 is 22.7 Å². The number of ketones is 1. The molecule has 0 aliphatic carbocycles. The Bertz CT molecular complexity index is 1160. The summed E-state index contributed by atoms with van der Waals surface area (Å²) in [7, 11) is -2.20. The molecular weight excluding hydrogens is 465 g/mol. The van der Waals surface area contributed by atoms with Crippen molar-refractivity contribution in [3.63, 3.8) is 0 Å². The van der Waals surface area contributed by atoms with Gasteiger partial charge in [0.15, 0.2) is 0 Å². The predicted octanol–water partition coefficient (Wildman–Crippen LogP) is 2.50. The fourth-order valence-electron chi connectivity index (χ4n) is 3.64. The zero-order chi connectivity index (χ0) is 22.3. The summed E-state index contributed by atoms with van der Waals surface area (Å²) in [5.41, 5.74) is 0.840. The van der Waals surface area contributed by atoms with E-state index in [4.69, 9.17) is 27.9 Å². The number of carbonyl (C=O) groups excluding carboxylic acids is 2. The number of Topliss-reactive ketones (excluding diaryl/α,β-unsaturated/α-hetero) is 1. The van der Waals surface area contributed by atoms with Gasteiger partial charge in [-0.05, 0) is 30.3 Å². The van der Waals surface area contributed by atoms with Gasteiger partial charge in [-0.25, -0.2) is 8.42 Å². The van der Waals surface area contributed by atoms with Crippen LogP contribution in [0.15, 0.2) is 41.3 Å². The van der Waals surface area contributed by atoms with Gasteiger partial charge in [-0.1, -0.05) is 23.2 Å². The van der Waals surface area contributed by atoms with Crippen molar-refractivity contribution in [2.75, 3.05) is 44.9 Å². The Kier molecular flexibility index (Phi) is 5.97. The van der Waals surface area contributed by atoms with Crippen LogP contribution in [0.3, 0.4) is 0 Å². The Morgan fingerprint density at radius 2 is 1.68 bits per heavy atom. The van der Waals surface area contributed by atoms with Crippen LogP contribution in [-0.2, 0) is 14.8 Å². The van der Waals surface area contributed by atoms with Gasteiger partial charge in [-0.2, -0.15) is 4.31 Å². The lowest BCUT2D eigenvalue weighted by atomic mass is 10.1. The molecule has 4 rings (SSSR count). The van der Waals surface area contributed by atoms with Crippen LogP contribution >= 0.6 is 23.2 Å². The van der Waals surface area contributed by atoms with Crippen molar-refractivity contribution in [2.24, 2.45) is 0 Å². The molecule has 164 valence electrons. The molecule has 31 heavy (non-hydrogen) atoms. The molecule has 1 fully saturated rings. The van der Waals surface area contributed by atoms with Crippen LogP contribution < -0.4 is 9.64 Å². The van der Waals surface area contributed by atoms with Gasteiger partial charge in [0.2, 0.25) is 10.0 Å². The van der Waals surface area contributed by atoms with Gasteiger partial charge in [0.05, 0.1) is 40.0 Å². The fraction of sp³-hybridized carbons (Fsp3) is 0.300. The summed E-state index contributed by atoms with van der Waals surface area (Å²) in [6.07, 6.45) is 0. The number of amides is 1. The molecule has 0 aromatic heterocycles. The Labute approximate surface area is 189 Å². The summed E-state index contributed by atoms with van der Waals surface area (Å²) in [6, 6.07) is 9.09. The number of fused-ring (bicyclic) bond motifs is 1. The first-order valence-corrected chi connectivity index (χ1v) is 11.6. The smallest absolute Gasteiger partial charge is 0.300 e. The second-order valence-electron chi connectivity index (χ2n) is 7.18. The molecule has 2 heterocycles. The second kappa shape index (κ2) is 8.40. The number of benzene rings is 2. The van der Waals surface area contributed by atoms with Crippen molar-refractivity contribution in [2.45, 2.75) is 4.90 Å². The number of methoxy groups -OCH3 is 1. The number of hydrogen-bond donors (Lipinski definition) is 0. The Morgan fingerprint density at radius 3 is 2.32 bits per heavy atom. The Hall–Kier alpha value is -2.17. The molecule has 8 nitrogen and oxygen atoms in total. The summed E-state index contributed by atoms with van der Waals surface area (Å²) in [4.78, 5) is 28.2. The van der Waals surface area contributed by atoms with E-state index in [2.05, 4.69) is 0 Å². The summed E-state index contributed by atoms with van der Waals surface area (Å²) in [6.45, 7) is 1.47. The third-order valence-corrected chi connectivity index (χ3v) is 8.01. The van der Waals surface area contributed by atoms with Crippen LogP contribution in [0.4, 0.5) is 5.69 Å². The number of piperazine rings is 1. The maximum Gasteiger partial charge on any atom is 0.300 e. The normalized spacial score (nSPS) is 17.8. The number of hydrogen-bond acceptors (Lipinski definition) is 6. The molecule has 1 saturated heterocycles. The van der Waals surface area contributed by atoms with E-state index in [1.54, 1.807) is 18.2 Å². The highest BCUT2D eigenvalue weighted by molar-refractivity contribution is 7.89. The van der Waals surface area contributed by atoms with E-state index in [9.17, 15) is 18.0 Å². The molecule has 2 aliphatic rings. The van der Waals surface area contributed by atoms with E-state index >= 15 is 0 Å². The highest BCUT2D eigenvalue weighted by Gasteiger charge is 2.38. The monoisotopic (exact) mass is 483 g/mol. The number of halogens is 2. The first-order chi connectivity index (χ1) is 14.7. The number of rotatable bonds is 5. The van der Waals surface area contributed by atoms with E-state index < -0.39 is 21.7 Å². The lowest BCUT2D eigenvalue weighted by Gasteiger charge is -2.35. The molecule has 0 radical (unpaired) electrons. The van der Waals surface area contributed by atoms with Crippen molar-refractivity contribution in [1.82, 2.24) is 9.21 Å². The second-order valence-corrected chi connectivity index (χ2v) is 9.94. The van der Waals surface area contributed by atoms with Gasteiger partial charge in [-0.15, -0.1) is 0 Å². The van der Waals surface area contributed by atoms with Crippen molar-refractivity contribution >= 4 is 50.6 Å². The van der Waals surface area contributed by atoms with Gasteiger partial charge < -0.3 is 4.74 Å². The minimum absolute atomic E-state index is 0.0803. The maximum atomic E-state index is 12.9. The van der Waals surface area contributed by atoms with Crippen molar-refractivity contribution in [3.05, 3.63) is 52.0 Å². The zero-order valence-corrected chi connectivity index (χ0v) is 18.9. The summed E-state index contributed by atoms with van der Waals surface area (Å²) >= 11 is 11.9. The van der Waals surface area contributed by atoms with Crippen LogP contribution in [0, 0.1) is 0 Å². The van der Waals surface area contributed by atoms with E-state index in [1.807, 2.05) is 4.90 Å². The molecule has 0 spiro atoms. The number of ether oxygens (including phenoxy) is 1. The Morgan fingerprint density at radius 1 is 0.968 bits per heavy atom. The van der Waals surface area contributed by atoms with E-state index in [0.717, 1.165) is 0 Å². The molecule has 0 atom stereocenters. The largest absolute Gasteiger partial charge is 0.497 e. The molecule has 0 bridgehead atoms. The lowest BCUT2D eigenvalue weighted by molar-refractivity contribution is -0.114. The molecule has 2 aromatic carbocycles. The topological polar surface area (TPSA) is 87.2 Å². The first kappa shape index (κ1) is 22.0. The SMILES string of the molecule is COc1ccc2c(c1)N(CN1CCN(S(=O)(=O)c3ccc(Cl)c(Cl)c3)CC1)C(=O)C2=O. The molecular formula is C20H19Cl2N3O5S. The van der Waals surface area contributed by atoms with E-state index in [-0.39, 0.29) is 34.7 Å². The minimum atomic E-state index is -3.72. The Balaban J connectivity index is 1.46. The third kappa shape index (κ3) is 4.04. The highest BCUT2D eigenvalue weighted by atomic mass is 35.5. The van der Waals surface area contributed by atoms with Crippen LogP contribution in [0.2, 0.25) is 10.0 Å². The van der Waals surface area contributed by atoms with Gasteiger partial charge in [-0.3, -0.25) is 19.4 Å². The lowest BCUT2D eigenvalue weighted by Crippen LogP contribution is -2.52. The van der Waals surface area contributed by atoms with Crippen LogP contribution in [0.1, 0.15) is 10.4 Å². The molecule has 0 unspecified atom stereocenters. The predicted molar refractivity (Wildman–Crippen MR) is 116 cm³/mol. The van der Waals surface area contributed by atoms with Crippen LogP contribution in [0.5, 0.6) is 5.75 Å². The number of sulfonamides is 1. The van der Waals surface area contributed by atoms with E-state index in [0.29, 0.717) is 30.1 Å². The fourth-order valence-corrected chi connectivity index (χ4v) is 5.45. The molecule has 2 aromatic rings. The summed E-state index contributed by atoms with van der Waals surface area (Å²) in [5, 5.41) is 0.458. The summed E-state index contributed by atoms with van der Waals surface area (Å²) < 4.78 is 32.4. The van der Waals surface area contributed by atoms with Crippen LogP contribution in [0.25, 0.3) is 0 Å². The number of anilines is 1. The number of nitrogens with zero attached hydrogens (tertiary/aromatic N) is 3. The average molecular weight is 484 g/mol. The standard InChI is InChI=1S/C20H19Cl2N3O5S/c1-30-13-2-4-15-18(10-13)25(20(27)19(15)26)12-23-6-8-24(9-7-23)31(28,29)14-3-5-16(21)17(22)11-14/h2-5,10-11H,6-9,12H2,1H3. The van der Waals surface area contributed by atoms with Gasteiger partial charge in [0, 0.05) is 32.2 Å². The maximum absolute atomic E-state index is 12.9.